The van der Waals surface area contributed by atoms with Crippen molar-refractivity contribution in [2.45, 2.75) is 32.8 Å². The van der Waals surface area contributed by atoms with E-state index >= 15 is 0 Å². The third-order valence-corrected chi connectivity index (χ3v) is 3.95. The van der Waals surface area contributed by atoms with Gasteiger partial charge in [0.15, 0.2) is 0 Å². The van der Waals surface area contributed by atoms with Crippen LogP contribution >= 0.6 is 11.6 Å². The molecule has 0 spiro atoms. The number of hydrogen-bond donors (Lipinski definition) is 0. The molecule has 1 saturated heterocycles. The lowest BCUT2D eigenvalue weighted by atomic mass is 10.1. The van der Waals surface area contributed by atoms with Crippen LogP contribution in [-0.2, 0) is 16.0 Å². The van der Waals surface area contributed by atoms with Gasteiger partial charge < -0.3 is 14.5 Å². The molecule has 0 saturated carbocycles. The second kappa shape index (κ2) is 7.21. The lowest BCUT2D eigenvalue weighted by Crippen LogP contribution is -2.52. The molecule has 23 heavy (non-hydrogen) atoms. The fourth-order valence-corrected chi connectivity index (χ4v) is 2.58. The predicted molar refractivity (Wildman–Crippen MR) is 89.5 cm³/mol. The standard InChI is InChI=1S/C17H23ClN2O3/c1-17(2,3)23-16(22)20-10-8-19(9-11-20)15(21)12-13-6-4-5-7-14(13)18/h4-7H,8-12H2,1-3H3. The molecule has 0 aliphatic carbocycles. The van der Waals surface area contributed by atoms with Gasteiger partial charge in [-0.1, -0.05) is 29.8 Å². The van der Waals surface area contributed by atoms with Gasteiger partial charge in [0.1, 0.15) is 5.60 Å². The Balaban J connectivity index is 1.85. The third kappa shape index (κ3) is 5.13. The zero-order valence-corrected chi connectivity index (χ0v) is 14.6. The van der Waals surface area contributed by atoms with Crippen LogP contribution in [0, 0.1) is 0 Å². The maximum Gasteiger partial charge on any atom is 0.410 e. The Labute approximate surface area is 142 Å². The molecule has 0 aromatic heterocycles. The molecule has 1 heterocycles. The van der Waals surface area contributed by atoms with E-state index in [0.717, 1.165) is 5.56 Å². The van der Waals surface area contributed by atoms with Crippen molar-refractivity contribution in [3.8, 4) is 0 Å². The van der Waals surface area contributed by atoms with Gasteiger partial charge in [0.2, 0.25) is 5.91 Å². The van der Waals surface area contributed by atoms with Gasteiger partial charge in [0, 0.05) is 31.2 Å². The van der Waals surface area contributed by atoms with Crippen molar-refractivity contribution in [2.75, 3.05) is 26.2 Å². The molecule has 1 aliphatic rings. The van der Waals surface area contributed by atoms with Crippen molar-refractivity contribution in [1.82, 2.24) is 9.80 Å². The van der Waals surface area contributed by atoms with E-state index in [9.17, 15) is 9.59 Å². The second-order valence-electron chi connectivity index (χ2n) is 6.62. The topological polar surface area (TPSA) is 49.9 Å². The number of carbonyl (C=O) groups excluding carboxylic acids is 2. The lowest BCUT2D eigenvalue weighted by Gasteiger charge is -2.35. The summed E-state index contributed by atoms with van der Waals surface area (Å²) in [6, 6.07) is 7.35. The number of hydrogen-bond acceptors (Lipinski definition) is 3. The van der Waals surface area contributed by atoms with E-state index in [4.69, 9.17) is 16.3 Å². The molecular weight excluding hydrogens is 316 g/mol. The van der Waals surface area contributed by atoms with Crippen LogP contribution in [0.5, 0.6) is 0 Å². The van der Waals surface area contributed by atoms with Crippen LogP contribution in [0.2, 0.25) is 5.02 Å². The number of nitrogens with zero attached hydrogens (tertiary/aromatic N) is 2. The molecule has 0 atom stereocenters. The van der Waals surface area contributed by atoms with Gasteiger partial charge in [0.25, 0.3) is 0 Å². The molecule has 2 rings (SSSR count). The first kappa shape index (κ1) is 17.6. The summed E-state index contributed by atoms with van der Waals surface area (Å²) >= 11 is 6.09. The molecule has 1 aromatic carbocycles. The van der Waals surface area contributed by atoms with E-state index in [1.807, 2.05) is 39.0 Å². The Morgan fingerprint density at radius 2 is 1.65 bits per heavy atom. The van der Waals surface area contributed by atoms with Crippen molar-refractivity contribution in [1.29, 1.82) is 0 Å². The molecule has 0 unspecified atom stereocenters. The van der Waals surface area contributed by atoms with Gasteiger partial charge in [-0.3, -0.25) is 4.79 Å². The van der Waals surface area contributed by atoms with Crippen LogP contribution in [0.4, 0.5) is 4.79 Å². The number of piperazine rings is 1. The maximum absolute atomic E-state index is 12.4. The summed E-state index contributed by atoms with van der Waals surface area (Å²) in [5.74, 6) is 0.0296. The number of ether oxygens (including phenoxy) is 1. The molecule has 1 fully saturated rings. The highest BCUT2D eigenvalue weighted by Crippen LogP contribution is 2.17. The third-order valence-electron chi connectivity index (χ3n) is 3.58. The van der Waals surface area contributed by atoms with Crippen LogP contribution in [0.15, 0.2) is 24.3 Å². The van der Waals surface area contributed by atoms with E-state index in [2.05, 4.69) is 0 Å². The Bertz CT molecular complexity index is 575. The lowest BCUT2D eigenvalue weighted by molar-refractivity contribution is -0.132. The monoisotopic (exact) mass is 338 g/mol. The SMILES string of the molecule is CC(C)(C)OC(=O)N1CCN(C(=O)Cc2ccccc2Cl)CC1. The first-order valence-corrected chi connectivity index (χ1v) is 8.13. The van der Waals surface area contributed by atoms with Crippen LogP contribution in [0.3, 0.4) is 0 Å². The molecule has 0 bridgehead atoms. The number of halogens is 1. The number of benzene rings is 1. The Morgan fingerprint density at radius 1 is 1.09 bits per heavy atom. The molecule has 1 aliphatic heterocycles. The number of amides is 2. The summed E-state index contributed by atoms with van der Waals surface area (Å²) in [7, 11) is 0. The number of carbonyl (C=O) groups is 2. The van der Waals surface area contributed by atoms with Crippen molar-refractivity contribution in [3.63, 3.8) is 0 Å². The van der Waals surface area contributed by atoms with Gasteiger partial charge in [-0.2, -0.15) is 0 Å². The molecule has 126 valence electrons. The van der Waals surface area contributed by atoms with Gasteiger partial charge in [0.05, 0.1) is 6.42 Å². The van der Waals surface area contributed by atoms with E-state index in [1.165, 1.54) is 0 Å². The van der Waals surface area contributed by atoms with Crippen LogP contribution < -0.4 is 0 Å². The highest BCUT2D eigenvalue weighted by Gasteiger charge is 2.27. The summed E-state index contributed by atoms with van der Waals surface area (Å²) in [4.78, 5) is 27.8. The molecular formula is C17H23ClN2O3. The van der Waals surface area contributed by atoms with Crippen LogP contribution in [0.25, 0.3) is 0 Å². The fourth-order valence-electron chi connectivity index (χ4n) is 2.38. The molecule has 5 nitrogen and oxygen atoms in total. The molecule has 0 radical (unpaired) electrons. The second-order valence-corrected chi connectivity index (χ2v) is 7.02. The van der Waals surface area contributed by atoms with Crippen molar-refractivity contribution >= 4 is 23.6 Å². The molecule has 2 amide bonds. The zero-order chi connectivity index (χ0) is 17.0. The average molecular weight is 339 g/mol. The van der Waals surface area contributed by atoms with Gasteiger partial charge >= 0.3 is 6.09 Å². The predicted octanol–water partition coefficient (Wildman–Crippen LogP) is 2.96. The summed E-state index contributed by atoms with van der Waals surface area (Å²) in [5.41, 5.74) is 0.322. The first-order chi connectivity index (χ1) is 10.8. The van der Waals surface area contributed by atoms with E-state index < -0.39 is 5.60 Å². The summed E-state index contributed by atoms with van der Waals surface area (Å²) < 4.78 is 5.35. The molecule has 0 N–H and O–H groups in total. The maximum atomic E-state index is 12.4. The normalized spacial score (nSPS) is 15.5. The average Bonchev–Trinajstić information content (AvgIpc) is 2.48. The Morgan fingerprint density at radius 3 is 2.22 bits per heavy atom. The van der Waals surface area contributed by atoms with Crippen molar-refractivity contribution in [2.24, 2.45) is 0 Å². The minimum Gasteiger partial charge on any atom is -0.444 e. The Kier molecular flexibility index (Phi) is 5.52. The van der Waals surface area contributed by atoms with E-state index in [1.54, 1.807) is 15.9 Å². The quantitative estimate of drug-likeness (QED) is 0.833. The van der Waals surface area contributed by atoms with Gasteiger partial charge in [-0.15, -0.1) is 0 Å². The van der Waals surface area contributed by atoms with Gasteiger partial charge in [-0.05, 0) is 32.4 Å². The summed E-state index contributed by atoms with van der Waals surface area (Å²) in [5, 5.41) is 0.605. The van der Waals surface area contributed by atoms with Crippen molar-refractivity contribution in [3.05, 3.63) is 34.9 Å². The highest BCUT2D eigenvalue weighted by molar-refractivity contribution is 6.31. The van der Waals surface area contributed by atoms with Gasteiger partial charge in [-0.25, -0.2) is 4.79 Å². The molecule has 1 aromatic rings. The minimum atomic E-state index is -0.506. The smallest absolute Gasteiger partial charge is 0.410 e. The Hall–Kier alpha value is -1.75. The van der Waals surface area contributed by atoms with E-state index in [-0.39, 0.29) is 18.4 Å². The van der Waals surface area contributed by atoms with Crippen LogP contribution in [0.1, 0.15) is 26.3 Å². The summed E-state index contributed by atoms with van der Waals surface area (Å²) in [6.07, 6.45) is -0.0396. The fraction of sp³-hybridized carbons (Fsp3) is 0.529. The van der Waals surface area contributed by atoms with E-state index in [0.29, 0.717) is 31.2 Å². The molecule has 6 heteroatoms. The summed E-state index contributed by atoms with van der Waals surface area (Å²) in [6.45, 7) is 7.54. The zero-order valence-electron chi connectivity index (χ0n) is 13.8. The first-order valence-electron chi connectivity index (χ1n) is 7.75. The highest BCUT2D eigenvalue weighted by atomic mass is 35.5. The van der Waals surface area contributed by atoms with Crippen LogP contribution in [-0.4, -0.2) is 53.6 Å². The van der Waals surface area contributed by atoms with Crippen molar-refractivity contribution < 1.29 is 14.3 Å². The minimum absolute atomic E-state index is 0.0296. The largest absolute Gasteiger partial charge is 0.444 e. The number of rotatable bonds is 2.